The van der Waals surface area contributed by atoms with Crippen molar-refractivity contribution >= 4 is 11.8 Å². The van der Waals surface area contributed by atoms with Crippen molar-refractivity contribution in [3.63, 3.8) is 0 Å². The minimum atomic E-state index is -4.49. The van der Waals surface area contributed by atoms with Gasteiger partial charge in [0.2, 0.25) is 0 Å². The van der Waals surface area contributed by atoms with E-state index in [1.807, 2.05) is 0 Å². The minimum absolute atomic E-state index is 0.00306. The Kier molecular flexibility index (Phi) is 3.80. The third-order valence-corrected chi connectivity index (χ3v) is 2.88. The molecular weight excluding hydrogens is 285 g/mol. The zero-order chi connectivity index (χ0) is 15.6. The highest BCUT2D eigenvalue weighted by Crippen LogP contribution is 2.29. The van der Waals surface area contributed by atoms with Gasteiger partial charge in [-0.3, -0.25) is 4.79 Å². The van der Waals surface area contributed by atoms with Crippen LogP contribution in [0.25, 0.3) is 0 Å². The molecule has 0 aliphatic heterocycles. The van der Waals surface area contributed by atoms with E-state index >= 15 is 0 Å². The van der Waals surface area contributed by atoms with E-state index in [-0.39, 0.29) is 16.7 Å². The Morgan fingerprint density at radius 3 is 1.86 bits per heavy atom. The van der Waals surface area contributed by atoms with Gasteiger partial charge in [0.1, 0.15) is 0 Å². The van der Waals surface area contributed by atoms with Gasteiger partial charge >= 0.3 is 12.1 Å². The summed E-state index contributed by atoms with van der Waals surface area (Å²) in [5, 5.41) is 9.01. The average molecular weight is 294 g/mol. The molecule has 0 unspecified atom stereocenters. The number of benzene rings is 2. The molecule has 0 aliphatic carbocycles. The zero-order valence-electron chi connectivity index (χ0n) is 10.5. The Balaban J connectivity index is 2.40. The monoisotopic (exact) mass is 294 g/mol. The highest BCUT2D eigenvalue weighted by molar-refractivity contribution is 6.14. The Bertz CT molecular complexity index is 688. The van der Waals surface area contributed by atoms with Crippen LogP contribution in [0.4, 0.5) is 13.2 Å². The molecule has 6 heteroatoms. The summed E-state index contributed by atoms with van der Waals surface area (Å²) in [6, 6.07) is 9.18. The van der Waals surface area contributed by atoms with E-state index in [9.17, 15) is 22.8 Å². The van der Waals surface area contributed by atoms with Crippen LogP contribution in [0.1, 0.15) is 31.8 Å². The summed E-state index contributed by atoms with van der Waals surface area (Å²) in [6.07, 6.45) is -4.49. The van der Waals surface area contributed by atoms with Crippen molar-refractivity contribution < 1.29 is 27.9 Å². The van der Waals surface area contributed by atoms with Gasteiger partial charge in [-0.1, -0.05) is 30.3 Å². The predicted octanol–water partition coefficient (Wildman–Crippen LogP) is 3.63. The van der Waals surface area contributed by atoms with Gasteiger partial charge in [0, 0.05) is 11.1 Å². The summed E-state index contributed by atoms with van der Waals surface area (Å²) in [6.45, 7) is 0. The Labute approximate surface area is 117 Å². The molecule has 108 valence electrons. The Morgan fingerprint density at radius 1 is 0.857 bits per heavy atom. The average Bonchev–Trinajstić information content (AvgIpc) is 2.45. The van der Waals surface area contributed by atoms with Gasteiger partial charge in [-0.15, -0.1) is 0 Å². The molecule has 2 rings (SSSR count). The van der Waals surface area contributed by atoms with Crippen molar-refractivity contribution in [2.75, 3.05) is 0 Å². The van der Waals surface area contributed by atoms with Crippen LogP contribution in [0.3, 0.4) is 0 Å². The molecule has 21 heavy (non-hydrogen) atoms. The van der Waals surface area contributed by atoms with E-state index < -0.39 is 23.5 Å². The summed E-state index contributed by atoms with van der Waals surface area (Å²) in [4.78, 5) is 23.2. The number of aromatic carboxylic acids is 1. The first-order valence-corrected chi connectivity index (χ1v) is 5.85. The topological polar surface area (TPSA) is 54.4 Å². The molecule has 0 amide bonds. The standard InChI is InChI=1S/C15H9F3O3/c16-15(17,18)10-7-5-9(6-8-10)13(19)11-3-1-2-4-12(11)14(20)21/h1-8H,(H,20,21). The quantitative estimate of drug-likeness (QED) is 0.879. The van der Waals surface area contributed by atoms with Crippen LogP contribution >= 0.6 is 0 Å². The maximum Gasteiger partial charge on any atom is 0.416 e. The molecule has 2 aromatic rings. The molecule has 0 saturated carbocycles. The van der Waals surface area contributed by atoms with E-state index in [2.05, 4.69) is 0 Å². The molecule has 0 atom stereocenters. The molecule has 0 bridgehead atoms. The third-order valence-electron chi connectivity index (χ3n) is 2.88. The summed E-state index contributed by atoms with van der Waals surface area (Å²) in [7, 11) is 0. The second kappa shape index (κ2) is 5.40. The number of alkyl halides is 3. The fraction of sp³-hybridized carbons (Fsp3) is 0.0667. The third kappa shape index (κ3) is 3.10. The SMILES string of the molecule is O=C(O)c1ccccc1C(=O)c1ccc(C(F)(F)F)cc1. The number of halogens is 3. The Morgan fingerprint density at radius 2 is 1.38 bits per heavy atom. The van der Waals surface area contributed by atoms with Crippen LogP contribution in [-0.2, 0) is 6.18 Å². The molecule has 0 aromatic heterocycles. The van der Waals surface area contributed by atoms with E-state index in [1.165, 1.54) is 24.3 Å². The summed E-state index contributed by atoms with van der Waals surface area (Å²) in [5.41, 5.74) is -1.13. The van der Waals surface area contributed by atoms with Gasteiger partial charge < -0.3 is 5.11 Å². The van der Waals surface area contributed by atoms with E-state index in [0.29, 0.717) is 0 Å². The molecule has 3 nitrogen and oxygen atoms in total. The number of ketones is 1. The summed E-state index contributed by atoms with van der Waals surface area (Å²) < 4.78 is 37.4. The smallest absolute Gasteiger partial charge is 0.416 e. The first kappa shape index (κ1) is 14.8. The van der Waals surface area contributed by atoms with E-state index in [4.69, 9.17) is 5.11 Å². The van der Waals surface area contributed by atoms with Crippen LogP contribution < -0.4 is 0 Å². The molecule has 0 spiro atoms. The summed E-state index contributed by atoms with van der Waals surface area (Å²) >= 11 is 0. The maximum atomic E-state index is 12.5. The van der Waals surface area contributed by atoms with E-state index in [1.54, 1.807) is 0 Å². The lowest BCUT2D eigenvalue weighted by molar-refractivity contribution is -0.137. The van der Waals surface area contributed by atoms with Crippen molar-refractivity contribution in [2.24, 2.45) is 0 Å². The van der Waals surface area contributed by atoms with Crippen LogP contribution in [0.2, 0.25) is 0 Å². The van der Waals surface area contributed by atoms with Crippen LogP contribution in [0.15, 0.2) is 48.5 Å². The van der Waals surface area contributed by atoms with E-state index in [0.717, 1.165) is 24.3 Å². The zero-order valence-corrected chi connectivity index (χ0v) is 10.5. The lowest BCUT2D eigenvalue weighted by Gasteiger charge is -2.08. The van der Waals surface area contributed by atoms with Crippen LogP contribution in [0.5, 0.6) is 0 Å². The largest absolute Gasteiger partial charge is 0.478 e. The van der Waals surface area contributed by atoms with Crippen LogP contribution in [0, 0.1) is 0 Å². The maximum absolute atomic E-state index is 12.5. The molecule has 0 aliphatic rings. The molecular formula is C15H9F3O3. The van der Waals surface area contributed by atoms with Crippen molar-refractivity contribution in [2.45, 2.75) is 6.18 Å². The van der Waals surface area contributed by atoms with Gasteiger partial charge in [-0.05, 0) is 18.2 Å². The van der Waals surface area contributed by atoms with Crippen molar-refractivity contribution in [1.82, 2.24) is 0 Å². The minimum Gasteiger partial charge on any atom is -0.478 e. The fourth-order valence-corrected chi connectivity index (χ4v) is 1.83. The number of carboxylic acid groups (broad SMARTS) is 1. The number of hydrogen-bond acceptors (Lipinski definition) is 2. The van der Waals surface area contributed by atoms with Crippen molar-refractivity contribution in [3.8, 4) is 0 Å². The second-order valence-corrected chi connectivity index (χ2v) is 4.25. The predicted molar refractivity (Wildman–Crippen MR) is 68.3 cm³/mol. The van der Waals surface area contributed by atoms with Crippen molar-refractivity contribution in [1.29, 1.82) is 0 Å². The number of carboxylic acids is 1. The molecule has 0 radical (unpaired) electrons. The van der Waals surface area contributed by atoms with Gasteiger partial charge in [-0.25, -0.2) is 4.79 Å². The van der Waals surface area contributed by atoms with Gasteiger partial charge in [-0.2, -0.15) is 13.2 Å². The molecule has 0 saturated heterocycles. The number of rotatable bonds is 3. The van der Waals surface area contributed by atoms with Crippen LogP contribution in [-0.4, -0.2) is 16.9 Å². The Hall–Kier alpha value is -2.63. The van der Waals surface area contributed by atoms with Crippen molar-refractivity contribution in [3.05, 3.63) is 70.8 Å². The highest BCUT2D eigenvalue weighted by atomic mass is 19.4. The molecule has 0 heterocycles. The number of carbonyl (C=O) groups excluding carboxylic acids is 1. The lowest BCUT2D eigenvalue weighted by Crippen LogP contribution is -2.10. The number of carbonyl (C=O) groups is 2. The second-order valence-electron chi connectivity index (χ2n) is 4.25. The van der Waals surface area contributed by atoms with Gasteiger partial charge in [0.05, 0.1) is 11.1 Å². The number of hydrogen-bond donors (Lipinski definition) is 1. The highest BCUT2D eigenvalue weighted by Gasteiger charge is 2.30. The fourth-order valence-electron chi connectivity index (χ4n) is 1.83. The first-order valence-electron chi connectivity index (χ1n) is 5.85. The molecule has 0 fully saturated rings. The molecule has 2 aromatic carbocycles. The normalized spacial score (nSPS) is 11.2. The lowest BCUT2D eigenvalue weighted by atomic mass is 9.97. The molecule has 1 N–H and O–H groups in total. The first-order chi connectivity index (χ1) is 9.80. The van der Waals surface area contributed by atoms with Gasteiger partial charge in [0.25, 0.3) is 0 Å². The summed E-state index contributed by atoms with van der Waals surface area (Å²) in [5.74, 6) is -1.91. The van der Waals surface area contributed by atoms with Gasteiger partial charge in [0.15, 0.2) is 5.78 Å².